The van der Waals surface area contributed by atoms with Crippen molar-refractivity contribution < 1.29 is 0 Å². The van der Waals surface area contributed by atoms with Crippen molar-refractivity contribution in [2.75, 3.05) is 29.9 Å². The molecule has 0 bridgehead atoms. The number of hydrogen-bond acceptors (Lipinski definition) is 7. The maximum Gasteiger partial charge on any atom is 0.166 e. The number of fused-ring (bicyclic) bond motifs is 1. The fraction of sp³-hybridized carbons (Fsp3) is 0.471. The van der Waals surface area contributed by atoms with Gasteiger partial charge in [-0.3, -0.25) is 0 Å². The van der Waals surface area contributed by atoms with Crippen LogP contribution in [0.5, 0.6) is 0 Å². The second kappa shape index (κ2) is 6.40. The van der Waals surface area contributed by atoms with Gasteiger partial charge in [0.15, 0.2) is 11.6 Å². The molecule has 0 spiro atoms. The Balaban J connectivity index is 1.33. The van der Waals surface area contributed by atoms with Gasteiger partial charge in [0.05, 0.1) is 17.5 Å². The maximum absolute atomic E-state index is 9.06. The summed E-state index contributed by atoms with van der Waals surface area (Å²) < 4.78 is 0. The summed E-state index contributed by atoms with van der Waals surface area (Å²) in [6.07, 6.45) is 6.20. The molecule has 0 saturated carbocycles. The van der Waals surface area contributed by atoms with Crippen molar-refractivity contribution in [3.8, 4) is 6.07 Å². The first-order chi connectivity index (χ1) is 11.8. The second-order valence-electron chi connectivity index (χ2n) is 6.44. The third kappa shape index (κ3) is 2.87. The summed E-state index contributed by atoms with van der Waals surface area (Å²) in [6.45, 7) is 2.67. The first-order valence-corrected chi connectivity index (χ1v) is 8.39. The third-order valence-electron chi connectivity index (χ3n) is 4.74. The number of aryl methyl sites for hydroxylation is 2. The van der Waals surface area contributed by atoms with E-state index in [1.807, 2.05) is 0 Å². The molecule has 0 unspecified atom stereocenters. The van der Waals surface area contributed by atoms with E-state index in [2.05, 4.69) is 42.7 Å². The van der Waals surface area contributed by atoms with Gasteiger partial charge >= 0.3 is 0 Å². The van der Waals surface area contributed by atoms with Crippen LogP contribution in [0.25, 0.3) is 0 Å². The first kappa shape index (κ1) is 14.8. The molecular weight excluding hydrogens is 302 g/mol. The molecule has 1 saturated heterocycles. The Morgan fingerprint density at radius 1 is 1.21 bits per heavy atom. The molecule has 0 amide bonds. The maximum atomic E-state index is 9.06. The van der Waals surface area contributed by atoms with Gasteiger partial charge in [-0.1, -0.05) is 0 Å². The number of hydrogen-bond donors (Lipinski definition) is 1. The lowest BCUT2D eigenvalue weighted by Crippen LogP contribution is -2.50. The van der Waals surface area contributed by atoms with Crippen molar-refractivity contribution in [2.45, 2.75) is 25.7 Å². The molecule has 7 heteroatoms. The summed E-state index contributed by atoms with van der Waals surface area (Å²) in [5.41, 5.74) is 3.07. The van der Waals surface area contributed by atoms with Crippen LogP contribution in [0.2, 0.25) is 0 Å². The molecule has 1 fully saturated rings. The predicted octanol–water partition coefficient (Wildman–Crippen LogP) is 1.57. The van der Waals surface area contributed by atoms with Crippen LogP contribution in [0.1, 0.15) is 29.7 Å². The van der Waals surface area contributed by atoms with Gasteiger partial charge in [-0.15, -0.1) is 10.2 Å². The molecule has 0 atom stereocenters. The van der Waals surface area contributed by atoms with Crippen molar-refractivity contribution >= 4 is 11.6 Å². The van der Waals surface area contributed by atoms with Crippen LogP contribution in [-0.2, 0) is 12.8 Å². The number of aromatic nitrogens is 4. The fourth-order valence-electron chi connectivity index (χ4n) is 3.31. The summed E-state index contributed by atoms with van der Waals surface area (Å²) in [5.74, 6) is 2.06. The van der Waals surface area contributed by atoms with Crippen molar-refractivity contribution in [1.29, 1.82) is 5.26 Å². The van der Waals surface area contributed by atoms with E-state index in [0.29, 0.717) is 17.3 Å². The molecule has 122 valence electrons. The van der Waals surface area contributed by atoms with Crippen LogP contribution < -0.4 is 10.2 Å². The van der Waals surface area contributed by atoms with Crippen molar-refractivity contribution in [3.05, 3.63) is 35.2 Å². The van der Waals surface area contributed by atoms with Gasteiger partial charge in [0.1, 0.15) is 6.07 Å². The molecule has 4 rings (SSSR count). The van der Waals surface area contributed by atoms with Crippen molar-refractivity contribution in [2.24, 2.45) is 5.92 Å². The molecule has 24 heavy (non-hydrogen) atoms. The lowest BCUT2D eigenvalue weighted by molar-refractivity contribution is 0.424. The molecular formula is C17H19N7. The molecule has 1 aliphatic heterocycles. The normalized spacial score (nSPS) is 16.9. The van der Waals surface area contributed by atoms with E-state index < -0.39 is 0 Å². The second-order valence-corrected chi connectivity index (χ2v) is 6.44. The average molecular weight is 321 g/mol. The quantitative estimate of drug-likeness (QED) is 0.914. The molecule has 2 aliphatic rings. The minimum absolute atomic E-state index is 0.511. The zero-order valence-electron chi connectivity index (χ0n) is 13.4. The third-order valence-corrected chi connectivity index (χ3v) is 4.74. The molecule has 1 aliphatic carbocycles. The zero-order chi connectivity index (χ0) is 16.4. The predicted molar refractivity (Wildman–Crippen MR) is 89.6 cm³/mol. The summed E-state index contributed by atoms with van der Waals surface area (Å²) in [5, 5.41) is 28.9. The molecule has 2 aromatic rings. The number of nitriles is 1. The van der Waals surface area contributed by atoms with Gasteiger partial charge in [-0.25, -0.2) is 0 Å². The van der Waals surface area contributed by atoms with Crippen LogP contribution >= 0.6 is 0 Å². The Kier molecular flexibility index (Phi) is 3.95. The number of rotatable bonds is 4. The van der Waals surface area contributed by atoms with Crippen molar-refractivity contribution in [1.82, 2.24) is 20.4 Å². The Labute approximate surface area is 140 Å². The van der Waals surface area contributed by atoms with Crippen LogP contribution in [0.3, 0.4) is 0 Å². The Hall–Kier alpha value is -2.75. The van der Waals surface area contributed by atoms with Crippen LogP contribution in [0.4, 0.5) is 11.6 Å². The minimum atomic E-state index is 0.511. The highest BCUT2D eigenvalue weighted by Gasteiger charge is 2.28. The van der Waals surface area contributed by atoms with E-state index in [0.717, 1.165) is 38.3 Å². The van der Waals surface area contributed by atoms with E-state index >= 15 is 0 Å². The van der Waals surface area contributed by atoms with Crippen LogP contribution in [0, 0.1) is 17.2 Å². The SMILES string of the molecule is N#Cc1ccnnc1NCC1CN(c2cc3c(nn2)CCCC3)C1. The van der Waals surface area contributed by atoms with Crippen molar-refractivity contribution in [3.63, 3.8) is 0 Å². The molecule has 1 N–H and O–H groups in total. The smallest absolute Gasteiger partial charge is 0.166 e. The highest BCUT2D eigenvalue weighted by atomic mass is 15.3. The Bertz CT molecular complexity index is 777. The number of nitrogens with one attached hydrogen (secondary N) is 1. The monoisotopic (exact) mass is 321 g/mol. The topological polar surface area (TPSA) is 90.6 Å². The van der Waals surface area contributed by atoms with Gasteiger partial charge in [0.25, 0.3) is 0 Å². The van der Waals surface area contributed by atoms with Crippen LogP contribution in [0.15, 0.2) is 18.3 Å². The molecule has 7 nitrogen and oxygen atoms in total. The molecule has 3 heterocycles. The van der Waals surface area contributed by atoms with Gasteiger partial charge in [-0.05, 0) is 43.4 Å². The van der Waals surface area contributed by atoms with E-state index in [4.69, 9.17) is 5.26 Å². The molecule has 2 aromatic heterocycles. The standard InChI is InChI=1S/C17H19N7/c18-8-14-5-6-20-23-17(14)19-9-12-10-24(11-12)16-7-13-3-1-2-4-15(13)21-22-16/h5-7,12H,1-4,9-11H2,(H,19,23). The van der Waals surface area contributed by atoms with Gasteiger partial charge in [-0.2, -0.15) is 15.5 Å². The highest BCUT2D eigenvalue weighted by Crippen LogP contribution is 2.27. The largest absolute Gasteiger partial charge is 0.367 e. The van der Waals surface area contributed by atoms with E-state index in [1.165, 1.54) is 30.3 Å². The fourth-order valence-corrected chi connectivity index (χ4v) is 3.31. The van der Waals surface area contributed by atoms with E-state index in [1.54, 1.807) is 6.07 Å². The average Bonchev–Trinajstić information content (AvgIpc) is 2.60. The Morgan fingerprint density at radius 3 is 2.96 bits per heavy atom. The van der Waals surface area contributed by atoms with Crippen LogP contribution in [-0.4, -0.2) is 40.0 Å². The van der Waals surface area contributed by atoms with E-state index in [-0.39, 0.29) is 0 Å². The number of nitrogens with zero attached hydrogens (tertiary/aromatic N) is 6. The lowest BCUT2D eigenvalue weighted by Gasteiger charge is -2.40. The van der Waals surface area contributed by atoms with Gasteiger partial charge in [0, 0.05) is 25.6 Å². The van der Waals surface area contributed by atoms with Gasteiger partial charge < -0.3 is 10.2 Å². The summed E-state index contributed by atoms with van der Waals surface area (Å²) in [4.78, 5) is 2.26. The minimum Gasteiger partial charge on any atom is -0.367 e. The Morgan fingerprint density at radius 2 is 2.08 bits per heavy atom. The molecule has 0 radical (unpaired) electrons. The molecule has 0 aromatic carbocycles. The summed E-state index contributed by atoms with van der Waals surface area (Å²) in [7, 11) is 0. The highest BCUT2D eigenvalue weighted by molar-refractivity contribution is 5.50. The zero-order valence-corrected chi connectivity index (χ0v) is 13.4. The first-order valence-electron chi connectivity index (χ1n) is 8.39. The van der Waals surface area contributed by atoms with E-state index in [9.17, 15) is 0 Å². The van der Waals surface area contributed by atoms with Gasteiger partial charge in [0.2, 0.25) is 0 Å². The summed E-state index contributed by atoms with van der Waals surface area (Å²) >= 11 is 0. The lowest BCUT2D eigenvalue weighted by atomic mass is 9.95. The number of anilines is 2. The summed E-state index contributed by atoms with van der Waals surface area (Å²) in [6, 6.07) is 6.01.